The zero-order chi connectivity index (χ0) is 22.8. The topological polar surface area (TPSA) is 108 Å². The lowest BCUT2D eigenvalue weighted by atomic mass is 10.0. The van der Waals surface area contributed by atoms with Crippen LogP contribution in [0.25, 0.3) is 10.8 Å². The smallest absolute Gasteiger partial charge is 0.335 e. The Labute approximate surface area is 182 Å². The summed E-state index contributed by atoms with van der Waals surface area (Å²) in [4.78, 5) is 39.8. The van der Waals surface area contributed by atoms with Crippen molar-refractivity contribution in [2.24, 2.45) is 0 Å². The van der Waals surface area contributed by atoms with Crippen LogP contribution in [0.5, 0.6) is 0 Å². The quantitative estimate of drug-likeness (QED) is 0.613. The molecule has 32 heavy (non-hydrogen) atoms. The van der Waals surface area contributed by atoms with E-state index in [4.69, 9.17) is 0 Å². The van der Waals surface area contributed by atoms with Crippen LogP contribution in [0.3, 0.4) is 0 Å². The van der Waals surface area contributed by atoms with E-state index in [0.717, 1.165) is 17.8 Å². The number of nitrogens with zero attached hydrogens (tertiary/aromatic N) is 4. The lowest BCUT2D eigenvalue weighted by molar-refractivity contribution is -0.129. The molecule has 1 unspecified atom stereocenters. The standard InChI is InChI=1S/C22H22FN5O4/c1-26-8-10-27(11-9-26)25-20(29)19(17-4-2-3-5-18(17)23)28-21(30)16-7-6-14(22(31)32)12-15(16)13-24-28/h2-7,12-13,19H,8-11H2,1H3,(H,25,29)(H,31,32). The predicted molar refractivity (Wildman–Crippen MR) is 115 cm³/mol. The molecule has 1 aliphatic rings. The van der Waals surface area contributed by atoms with Gasteiger partial charge in [-0.25, -0.2) is 18.9 Å². The molecule has 0 spiro atoms. The summed E-state index contributed by atoms with van der Waals surface area (Å²) < 4.78 is 15.6. The zero-order valence-electron chi connectivity index (χ0n) is 17.4. The van der Waals surface area contributed by atoms with Gasteiger partial charge in [0.15, 0.2) is 6.04 Å². The monoisotopic (exact) mass is 439 g/mol. The van der Waals surface area contributed by atoms with Crippen molar-refractivity contribution >= 4 is 22.6 Å². The van der Waals surface area contributed by atoms with E-state index in [0.29, 0.717) is 18.5 Å². The Morgan fingerprint density at radius 3 is 2.53 bits per heavy atom. The van der Waals surface area contributed by atoms with Crippen molar-refractivity contribution in [1.82, 2.24) is 25.1 Å². The number of carboxylic acids is 1. The maximum absolute atomic E-state index is 14.7. The van der Waals surface area contributed by atoms with Crippen LogP contribution in [-0.4, -0.2) is 69.9 Å². The first-order valence-corrected chi connectivity index (χ1v) is 10.1. The Kier molecular flexibility index (Phi) is 5.97. The highest BCUT2D eigenvalue weighted by atomic mass is 19.1. The molecule has 10 heteroatoms. The fraction of sp³-hybridized carbons (Fsp3) is 0.273. The summed E-state index contributed by atoms with van der Waals surface area (Å²) in [6.07, 6.45) is 1.31. The van der Waals surface area contributed by atoms with Crippen LogP contribution in [0, 0.1) is 5.82 Å². The third-order valence-electron chi connectivity index (χ3n) is 5.52. The maximum atomic E-state index is 14.7. The Balaban J connectivity index is 1.77. The third kappa shape index (κ3) is 4.23. The maximum Gasteiger partial charge on any atom is 0.335 e. The van der Waals surface area contributed by atoms with Crippen LogP contribution in [-0.2, 0) is 4.79 Å². The Morgan fingerprint density at radius 1 is 1.12 bits per heavy atom. The molecule has 2 heterocycles. The number of hydrazine groups is 1. The molecule has 0 radical (unpaired) electrons. The van der Waals surface area contributed by atoms with E-state index in [1.54, 1.807) is 11.1 Å². The molecule has 2 N–H and O–H groups in total. The number of nitrogens with one attached hydrogen (secondary N) is 1. The van der Waals surface area contributed by atoms with Crippen molar-refractivity contribution in [3.05, 3.63) is 76.0 Å². The first kappa shape index (κ1) is 21.6. The molecule has 1 atom stereocenters. The molecule has 1 saturated heterocycles. The van der Waals surface area contributed by atoms with E-state index in [-0.39, 0.29) is 16.5 Å². The fourth-order valence-electron chi connectivity index (χ4n) is 3.70. The molecule has 1 fully saturated rings. The van der Waals surface area contributed by atoms with E-state index in [2.05, 4.69) is 15.4 Å². The van der Waals surface area contributed by atoms with Crippen LogP contribution in [0.2, 0.25) is 0 Å². The van der Waals surface area contributed by atoms with Gasteiger partial charge in [0.2, 0.25) is 0 Å². The normalized spacial score (nSPS) is 16.1. The molecule has 3 aromatic rings. The second-order valence-corrected chi connectivity index (χ2v) is 7.69. The van der Waals surface area contributed by atoms with Gasteiger partial charge in [0.25, 0.3) is 11.5 Å². The van der Waals surface area contributed by atoms with Crippen molar-refractivity contribution in [2.75, 3.05) is 33.2 Å². The minimum atomic E-state index is -1.34. The fourth-order valence-corrected chi connectivity index (χ4v) is 3.70. The number of fused-ring (bicyclic) bond motifs is 1. The van der Waals surface area contributed by atoms with Crippen LogP contribution in [0.1, 0.15) is 22.0 Å². The molecule has 9 nitrogen and oxygen atoms in total. The summed E-state index contributed by atoms with van der Waals surface area (Å²) in [6.45, 7) is 2.68. The molecule has 166 valence electrons. The first-order chi connectivity index (χ1) is 15.3. The minimum Gasteiger partial charge on any atom is -0.478 e. The van der Waals surface area contributed by atoms with Gasteiger partial charge in [-0.2, -0.15) is 5.10 Å². The zero-order valence-corrected chi connectivity index (χ0v) is 17.4. The molecular weight excluding hydrogens is 417 g/mol. The van der Waals surface area contributed by atoms with E-state index in [1.807, 2.05) is 7.05 Å². The number of hydrogen-bond donors (Lipinski definition) is 2. The molecule has 0 saturated carbocycles. The highest BCUT2D eigenvalue weighted by molar-refractivity contribution is 5.94. The second kappa shape index (κ2) is 8.85. The summed E-state index contributed by atoms with van der Waals surface area (Å²) in [5, 5.41) is 15.5. The van der Waals surface area contributed by atoms with Gasteiger partial charge in [-0.05, 0) is 31.3 Å². The van der Waals surface area contributed by atoms with E-state index < -0.39 is 29.3 Å². The summed E-state index contributed by atoms with van der Waals surface area (Å²) in [5.74, 6) is -2.36. The van der Waals surface area contributed by atoms with Gasteiger partial charge in [0.05, 0.1) is 17.1 Å². The number of carboxylic acid groups (broad SMARTS) is 1. The highest BCUT2D eigenvalue weighted by Crippen LogP contribution is 2.21. The molecule has 0 bridgehead atoms. The van der Waals surface area contributed by atoms with E-state index >= 15 is 0 Å². The van der Waals surface area contributed by atoms with Gasteiger partial charge < -0.3 is 10.0 Å². The van der Waals surface area contributed by atoms with Crippen LogP contribution in [0.15, 0.2) is 53.5 Å². The second-order valence-electron chi connectivity index (χ2n) is 7.69. The van der Waals surface area contributed by atoms with Crippen LogP contribution < -0.4 is 11.0 Å². The molecular formula is C22H22FN5O4. The van der Waals surface area contributed by atoms with Crippen molar-refractivity contribution in [2.45, 2.75) is 6.04 Å². The molecule has 1 amide bonds. The van der Waals surface area contributed by atoms with Gasteiger partial charge in [-0.15, -0.1) is 0 Å². The number of hydrogen-bond acceptors (Lipinski definition) is 6. The average molecular weight is 439 g/mol. The van der Waals surface area contributed by atoms with Crippen molar-refractivity contribution in [3.8, 4) is 0 Å². The van der Waals surface area contributed by atoms with Gasteiger partial charge >= 0.3 is 5.97 Å². The van der Waals surface area contributed by atoms with E-state index in [9.17, 15) is 23.9 Å². The molecule has 1 aromatic heterocycles. The lowest BCUT2D eigenvalue weighted by Crippen LogP contribution is -2.54. The van der Waals surface area contributed by atoms with Crippen LogP contribution in [0.4, 0.5) is 4.39 Å². The molecule has 0 aliphatic carbocycles. The number of likely N-dealkylation sites (N-methyl/N-ethyl adjacent to an activating group) is 1. The number of benzene rings is 2. The van der Waals surface area contributed by atoms with Crippen molar-refractivity contribution in [1.29, 1.82) is 0 Å². The third-order valence-corrected chi connectivity index (χ3v) is 5.52. The number of halogens is 1. The summed E-state index contributed by atoms with van der Waals surface area (Å²) >= 11 is 0. The van der Waals surface area contributed by atoms with Crippen molar-refractivity contribution < 1.29 is 19.1 Å². The number of aromatic carboxylic acids is 1. The Bertz CT molecular complexity index is 1240. The number of carbonyl (C=O) groups is 2. The number of piperazine rings is 1. The minimum absolute atomic E-state index is 0.00918. The lowest BCUT2D eigenvalue weighted by Gasteiger charge is -2.33. The van der Waals surface area contributed by atoms with Gasteiger partial charge in [0, 0.05) is 37.1 Å². The SMILES string of the molecule is CN1CCN(NC(=O)C(c2ccccc2F)n2ncc3cc(C(=O)O)ccc3c2=O)CC1. The summed E-state index contributed by atoms with van der Waals surface area (Å²) in [5.41, 5.74) is 2.18. The summed E-state index contributed by atoms with van der Waals surface area (Å²) in [7, 11) is 1.98. The predicted octanol–water partition coefficient (Wildman–Crippen LogP) is 1.10. The largest absolute Gasteiger partial charge is 0.478 e. The number of rotatable bonds is 5. The number of aromatic nitrogens is 2. The van der Waals surface area contributed by atoms with Crippen molar-refractivity contribution in [3.63, 3.8) is 0 Å². The van der Waals surface area contributed by atoms with Gasteiger partial charge in [0.1, 0.15) is 5.82 Å². The Hall–Kier alpha value is -3.63. The highest BCUT2D eigenvalue weighted by Gasteiger charge is 2.30. The van der Waals surface area contributed by atoms with Gasteiger partial charge in [-0.3, -0.25) is 15.0 Å². The van der Waals surface area contributed by atoms with Crippen LogP contribution >= 0.6 is 0 Å². The molecule has 4 rings (SSSR count). The average Bonchev–Trinajstić information content (AvgIpc) is 2.78. The van der Waals surface area contributed by atoms with E-state index in [1.165, 1.54) is 42.6 Å². The molecule has 1 aliphatic heterocycles. The van der Waals surface area contributed by atoms with Gasteiger partial charge in [-0.1, -0.05) is 18.2 Å². The molecule has 2 aromatic carbocycles. The number of carbonyl (C=O) groups excluding carboxylic acids is 1. The summed E-state index contributed by atoms with van der Waals surface area (Å²) in [6, 6.07) is 8.41. The Morgan fingerprint density at radius 2 is 1.84 bits per heavy atom. The first-order valence-electron chi connectivity index (χ1n) is 10.1. The number of amides is 1.